The van der Waals surface area contributed by atoms with Crippen molar-refractivity contribution >= 4 is 17.4 Å². The van der Waals surface area contributed by atoms with Gasteiger partial charge in [0.25, 0.3) is 5.91 Å². The second-order valence-corrected chi connectivity index (χ2v) is 5.35. The van der Waals surface area contributed by atoms with Crippen molar-refractivity contribution in [3.63, 3.8) is 0 Å². The first kappa shape index (κ1) is 14.8. The summed E-state index contributed by atoms with van der Waals surface area (Å²) in [6.07, 6.45) is 0. The molecule has 0 fully saturated rings. The Balaban J connectivity index is 1.90. The molecule has 0 aliphatic carbocycles. The van der Waals surface area contributed by atoms with Crippen LogP contribution in [-0.4, -0.2) is 20.9 Å². The highest BCUT2D eigenvalue weighted by atomic mass is 16.2. The summed E-state index contributed by atoms with van der Waals surface area (Å²) in [5, 5.41) is 10.7. The summed E-state index contributed by atoms with van der Waals surface area (Å²) in [4.78, 5) is 12.4. The molecule has 0 unspecified atom stereocenters. The topological polar surface area (TPSA) is 85.8 Å². The molecule has 0 saturated carbocycles. The Hall–Kier alpha value is -3.15. The quantitative estimate of drug-likeness (QED) is 0.779. The van der Waals surface area contributed by atoms with E-state index in [1.54, 1.807) is 0 Å². The number of nitrogens with zero attached hydrogens (tertiary/aromatic N) is 3. The van der Waals surface area contributed by atoms with Gasteiger partial charge in [-0.15, -0.1) is 5.10 Å². The second-order valence-electron chi connectivity index (χ2n) is 5.35. The number of rotatable bonds is 3. The molecule has 3 rings (SSSR count). The Labute approximate surface area is 133 Å². The summed E-state index contributed by atoms with van der Waals surface area (Å²) < 4.78 is 1.47. The first-order chi connectivity index (χ1) is 11.1. The SMILES string of the molecule is Cc1cccc(NC(=O)c2nnn(-c3ccccc3C)c2N)c1. The van der Waals surface area contributed by atoms with Crippen LogP contribution in [0, 0.1) is 13.8 Å². The Morgan fingerprint density at radius 1 is 1.13 bits per heavy atom. The monoisotopic (exact) mass is 307 g/mol. The number of aryl methyl sites for hydroxylation is 2. The van der Waals surface area contributed by atoms with Crippen LogP contribution < -0.4 is 11.1 Å². The number of aromatic nitrogens is 3. The van der Waals surface area contributed by atoms with Crippen LogP contribution >= 0.6 is 0 Å². The predicted molar refractivity (Wildman–Crippen MR) is 89.6 cm³/mol. The van der Waals surface area contributed by atoms with Gasteiger partial charge in [0, 0.05) is 5.69 Å². The van der Waals surface area contributed by atoms with Gasteiger partial charge in [0.05, 0.1) is 5.69 Å². The van der Waals surface area contributed by atoms with Gasteiger partial charge in [-0.2, -0.15) is 4.68 Å². The van der Waals surface area contributed by atoms with Crippen molar-refractivity contribution < 1.29 is 4.79 Å². The van der Waals surface area contributed by atoms with Crippen LogP contribution in [-0.2, 0) is 0 Å². The molecule has 0 saturated heterocycles. The van der Waals surface area contributed by atoms with E-state index in [0.29, 0.717) is 5.69 Å². The Morgan fingerprint density at radius 3 is 2.65 bits per heavy atom. The molecule has 0 aliphatic rings. The number of benzene rings is 2. The van der Waals surface area contributed by atoms with Crippen molar-refractivity contribution in [3.8, 4) is 5.69 Å². The van der Waals surface area contributed by atoms with Gasteiger partial charge >= 0.3 is 0 Å². The second kappa shape index (κ2) is 5.92. The molecule has 0 aliphatic heterocycles. The van der Waals surface area contributed by atoms with E-state index >= 15 is 0 Å². The molecule has 0 atom stereocenters. The van der Waals surface area contributed by atoms with Gasteiger partial charge in [0.15, 0.2) is 11.5 Å². The molecule has 0 spiro atoms. The lowest BCUT2D eigenvalue weighted by atomic mass is 10.2. The standard InChI is InChI=1S/C17H17N5O/c1-11-6-5-8-13(10-11)19-17(23)15-16(18)22(21-20-15)14-9-4-3-7-12(14)2/h3-10H,18H2,1-2H3,(H,19,23). The number of amides is 1. The summed E-state index contributed by atoms with van der Waals surface area (Å²) in [5.41, 5.74) is 9.71. The molecular formula is C17H17N5O. The number of carbonyl (C=O) groups is 1. The van der Waals surface area contributed by atoms with Gasteiger partial charge in [0.1, 0.15) is 0 Å². The van der Waals surface area contributed by atoms with Crippen molar-refractivity contribution in [3.05, 3.63) is 65.4 Å². The van der Waals surface area contributed by atoms with E-state index in [-0.39, 0.29) is 17.4 Å². The third kappa shape index (κ3) is 2.91. The number of hydrogen-bond donors (Lipinski definition) is 2. The molecule has 116 valence electrons. The van der Waals surface area contributed by atoms with Crippen LogP contribution in [0.25, 0.3) is 5.69 Å². The minimum atomic E-state index is -0.382. The fourth-order valence-electron chi connectivity index (χ4n) is 2.34. The average Bonchev–Trinajstić information content (AvgIpc) is 2.89. The molecule has 6 nitrogen and oxygen atoms in total. The maximum absolute atomic E-state index is 12.4. The molecule has 3 N–H and O–H groups in total. The Morgan fingerprint density at radius 2 is 1.91 bits per heavy atom. The fraction of sp³-hybridized carbons (Fsp3) is 0.118. The van der Waals surface area contributed by atoms with Crippen LogP contribution in [0.2, 0.25) is 0 Å². The number of nitrogens with one attached hydrogen (secondary N) is 1. The van der Waals surface area contributed by atoms with E-state index in [2.05, 4.69) is 15.6 Å². The summed E-state index contributed by atoms with van der Waals surface area (Å²) in [5.74, 6) is -0.169. The van der Waals surface area contributed by atoms with Gasteiger partial charge < -0.3 is 11.1 Å². The number of hydrogen-bond acceptors (Lipinski definition) is 4. The van der Waals surface area contributed by atoms with E-state index in [1.807, 2.05) is 62.4 Å². The molecule has 6 heteroatoms. The predicted octanol–water partition coefficient (Wildman–Crippen LogP) is 2.72. The van der Waals surface area contributed by atoms with Gasteiger partial charge in [-0.05, 0) is 43.2 Å². The zero-order valence-electron chi connectivity index (χ0n) is 12.9. The van der Waals surface area contributed by atoms with E-state index in [9.17, 15) is 4.79 Å². The van der Waals surface area contributed by atoms with Crippen molar-refractivity contribution in [1.82, 2.24) is 15.0 Å². The first-order valence-electron chi connectivity index (χ1n) is 7.21. The van der Waals surface area contributed by atoms with Crippen LogP contribution in [0.4, 0.5) is 11.5 Å². The molecule has 3 aromatic rings. The normalized spacial score (nSPS) is 10.5. The summed E-state index contributed by atoms with van der Waals surface area (Å²) in [7, 11) is 0. The Bertz CT molecular complexity index is 869. The molecule has 23 heavy (non-hydrogen) atoms. The minimum absolute atomic E-state index is 0.106. The van der Waals surface area contributed by atoms with Gasteiger partial charge in [0.2, 0.25) is 0 Å². The van der Waals surface area contributed by atoms with E-state index < -0.39 is 0 Å². The molecule has 1 amide bonds. The largest absolute Gasteiger partial charge is 0.382 e. The van der Waals surface area contributed by atoms with Crippen molar-refractivity contribution in [1.29, 1.82) is 0 Å². The molecule has 1 aromatic heterocycles. The zero-order chi connectivity index (χ0) is 16.4. The lowest BCUT2D eigenvalue weighted by Gasteiger charge is -2.07. The highest BCUT2D eigenvalue weighted by Gasteiger charge is 2.19. The van der Waals surface area contributed by atoms with Crippen LogP contribution in [0.15, 0.2) is 48.5 Å². The van der Waals surface area contributed by atoms with Crippen LogP contribution in [0.1, 0.15) is 21.6 Å². The lowest BCUT2D eigenvalue weighted by molar-refractivity contribution is 0.102. The Kier molecular flexibility index (Phi) is 3.80. The number of nitrogens with two attached hydrogens (primary N) is 1. The highest BCUT2D eigenvalue weighted by molar-refractivity contribution is 6.05. The summed E-state index contributed by atoms with van der Waals surface area (Å²) >= 11 is 0. The molecular weight excluding hydrogens is 290 g/mol. The third-order valence-corrected chi connectivity index (χ3v) is 3.54. The van der Waals surface area contributed by atoms with E-state index in [4.69, 9.17) is 5.73 Å². The van der Waals surface area contributed by atoms with Gasteiger partial charge in [-0.1, -0.05) is 35.5 Å². The van der Waals surface area contributed by atoms with Crippen molar-refractivity contribution in [2.75, 3.05) is 11.1 Å². The van der Waals surface area contributed by atoms with Crippen molar-refractivity contribution in [2.45, 2.75) is 13.8 Å². The first-order valence-corrected chi connectivity index (χ1v) is 7.21. The molecule has 1 heterocycles. The zero-order valence-corrected chi connectivity index (χ0v) is 12.9. The fourth-order valence-corrected chi connectivity index (χ4v) is 2.34. The third-order valence-electron chi connectivity index (χ3n) is 3.54. The van der Waals surface area contributed by atoms with Crippen molar-refractivity contribution in [2.24, 2.45) is 0 Å². The summed E-state index contributed by atoms with van der Waals surface area (Å²) in [6, 6.07) is 15.2. The maximum atomic E-state index is 12.4. The molecule has 2 aromatic carbocycles. The number of anilines is 2. The maximum Gasteiger partial charge on any atom is 0.280 e. The molecule has 0 bridgehead atoms. The smallest absolute Gasteiger partial charge is 0.280 e. The number of carbonyl (C=O) groups excluding carboxylic acids is 1. The van der Waals surface area contributed by atoms with Gasteiger partial charge in [-0.25, -0.2) is 0 Å². The van der Waals surface area contributed by atoms with E-state index in [0.717, 1.165) is 16.8 Å². The highest BCUT2D eigenvalue weighted by Crippen LogP contribution is 2.19. The minimum Gasteiger partial charge on any atom is -0.382 e. The van der Waals surface area contributed by atoms with Gasteiger partial charge in [-0.3, -0.25) is 4.79 Å². The number of para-hydroxylation sites is 1. The molecule has 0 radical (unpaired) electrons. The summed E-state index contributed by atoms with van der Waals surface area (Å²) in [6.45, 7) is 3.90. The average molecular weight is 307 g/mol. The van der Waals surface area contributed by atoms with E-state index in [1.165, 1.54) is 4.68 Å². The van der Waals surface area contributed by atoms with Crippen LogP contribution in [0.3, 0.4) is 0 Å². The van der Waals surface area contributed by atoms with Crippen LogP contribution in [0.5, 0.6) is 0 Å². The lowest BCUT2D eigenvalue weighted by Crippen LogP contribution is -2.15. The number of nitrogen functional groups attached to an aromatic ring is 1.